The lowest BCUT2D eigenvalue weighted by atomic mass is 10.2. The van der Waals surface area contributed by atoms with Gasteiger partial charge >= 0.3 is 6.09 Å². The van der Waals surface area contributed by atoms with Gasteiger partial charge in [-0.15, -0.1) is 0 Å². The summed E-state index contributed by atoms with van der Waals surface area (Å²) in [5.74, 6) is 0.934. The molecule has 0 aliphatic carbocycles. The van der Waals surface area contributed by atoms with Crippen molar-refractivity contribution in [3.05, 3.63) is 54.1 Å². The van der Waals surface area contributed by atoms with Crippen LogP contribution in [0.15, 0.2) is 48.5 Å². The molecule has 2 N–H and O–H groups in total. The van der Waals surface area contributed by atoms with Gasteiger partial charge in [0.05, 0.1) is 0 Å². The molecule has 126 valence electrons. The van der Waals surface area contributed by atoms with Gasteiger partial charge in [-0.05, 0) is 44.2 Å². The fraction of sp³-hybridized carbons (Fsp3) is 0.222. The quantitative estimate of drug-likeness (QED) is 0.882. The number of carbonyl (C=O) groups is 2. The van der Waals surface area contributed by atoms with E-state index in [2.05, 4.69) is 10.6 Å². The van der Waals surface area contributed by atoms with Crippen molar-refractivity contribution in [2.75, 3.05) is 7.05 Å². The molecule has 0 aliphatic rings. The molecule has 0 aliphatic heterocycles. The van der Waals surface area contributed by atoms with Crippen LogP contribution in [0.1, 0.15) is 24.2 Å². The number of ether oxygens (including phenoxy) is 2. The summed E-state index contributed by atoms with van der Waals surface area (Å²) >= 11 is 0. The van der Waals surface area contributed by atoms with E-state index in [1.165, 1.54) is 0 Å². The number of hydrogen-bond acceptors (Lipinski definition) is 4. The molecule has 0 saturated carbocycles. The number of carbonyl (C=O) groups excluding carboxylic acids is 2. The minimum Gasteiger partial charge on any atom is -0.453 e. The summed E-state index contributed by atoms with van der Waals surface area (Å²) < 4.78 is 11.0. The van der Waals surface area contributed by atoms with Gasteiger partial charge in [0.1, 0.15) is 5.75 Å². The molecule has 6 heteroatoms. The summed E-state index contributed by atoms with van der Waals surface area (Å²) in [6.45, 7) is 3.68. The molecule has 2 amide bonds. The van der Waals surface area contributed by atoms with Gasteiger partial charge in [0.15, 0.2) is 11.5 Å². The van der Waals surface area contributed by atoms with Crippen LogP contribution < -0.4 is 20.1 Å². The highest BCUT2D eigenvalue weighted by atomic mass is 16.6. The highest BCUT2D eigenvalue weighted by Gasteiger charge is 2.12. The van der Waals surface area contributed by atoms with E-state index in [0.717, 1.165) is 0 Å². The number of para-hydroxylation sites is 2. The van der Waals surface area contributed by atoms with Gasteiger partial charge in [-0.3, -0.25) is 4.79 Å². The number of benzene rings is 2. The number of hydrogen-bond donors (Lipinski definition) is 2. The van der Waals surface area contributed by atoms with Gasteiger partial charge in [-0.25, -0.2) is 4.79 Å². The first-order chi connectivity index (χ1) is 11.5. The smallest absolute Gasteiger partial charge is 0.412 e. The van der Waals surface area contributed by atoms with E-state index in [1.54, 1.807) is 55.6 Å². The number of nitrogens with one attached hydrogen (secondary N) is 2. The van der Waals surface area contributed by atoms with E-state index in [9.17, 15) is 9.59 Å². The summed E-state index contributed by atoms with van der Waals surface area (Å²) in [7, 11) is 1.56. The SMILES string of the molecule is CNC(=O)c1cccc(Oc2ccccc2OC(=O)NC(C)C)c1. The molecular formula is C18H20N2O4. The van der Waals surface area contributed by atoms with Gasteiger partial charge in [-0.2, -0.15) is 0 Å². The van der Waals surface area contributed by atoms with Crippen LogP contribution in [0.3, 0.4) is 0 Å². The van der Waals surface area contributed by atoms with Crippen LogP contribution in [0.5, 0.6) is 17.2 Å². The van der Waals surface area contributed by atoms with Crippen molar-refractivity contribution in [3.63, 3.8) is 0 Å². The zero-order valence-electron chi connectivity index (χ0n) is 13.8. The molecule has 0 bridgehead atoms. The van der Waals surface area contributed by atoms with Gasteiger partial charge in [0, 0.05) is 18.7 Å². The predicted molar refractivity (Wildman–Crippen MR) is 90.6 cm³/mol. The number of rotatable bonds is 5. The van der Waals surface area contributed by atoms with Gasteiger partial charge < -0.3 is 20.1 Å². The van der Waals surface area contributed by atoms with Crippen molar-refractivity contribution in [2.24, 2.45) is 0 Å². The fourth-order valence-corrected chi connectivity index (χ4v) is 1.96. The lowest BCUT2D eigenvalue weighted by molar-refractivity contribution is 0.0962. The van der Waals surface area contributed by atoms with E-state index in [0.29, 0.717) is 22.8 Å². The first kappa shape index (κ1) is 17.3. The monoisotopic (exact) mass is 328 g/mol. The summed E-state index contributed by atoms with van der Waals surface area (Å²) in [4.78, 5) is 23.5. The number of amides is 2. The van der Waals surface area contributed by atoms with Crippen LogP contribution in [0.2, 0.25) is 0 Å². The van der Waals surface area contributed by atoms with Crippen LogP contribution >= 0.6 is 0 Å². The van der Waals surface area contributed by atoms with E-state index in [1.807, 2.05) is 13.8 Å². The van der Waals surface area contributed by atoms with Crippen LogP contribution in [0, 0.1) is 0 Å². The normalized spacial score (nSPS) is 10.2. The van der Waals surface area contributed by atoms with Crippen molar-refractivity contribution in [3.8, 4) is 17.2 Å². The minimum atomic E-state index is -0.555. The summed E-state index contributed by atoms with van der Waals surface area (Å²) in [5.41, 5.74) is 0.478. The van der Waals surface area contributed by atoms with E-state index in [-0.39, 0.29) is 11.9 Å². The van der Waals surface area contributed by atoms with E-state index >= 15 is 0 Å². The van der Waals surface area contributed by atoms with Crippen molar-refractivity contribution in [2.45, 2.75) is 19.9 Å². The highest BCUT2D eigenvalue weighted by molar-refractivity contribution is 5.94. The molecule has 0 fully saturated rings. The molecule has 0 aromatic heterocycles. The Morgan fingerprint density at radius 2 is 1.71 bits per heavy atom. The largest absolute Gasteiger partial charge is 0.453 e. The Kier molecular flexibility index (Phi) is 5.78. The standard InChI is InChI=1S/C18H20N2O4/c1-12(2)20-18(22)24-16-10-5-4-9-15(16)23-14-8-6-7-13(11-14)17(21)19-3/h4-12H,1-3H3,(H,19,21)(H,20,22). The summed E-state index contributed by atoms with van der Waals surface area (Å²) in [5, 5.41) is 5.20. The molecule has 0 radical (unpaired) electrons. The molecule has 0 atom stereocenters. The molecule has 0 heterocycles. The summed E-state index contributed by atoms with van der Waals surface area (Å²) in [6, 6.07) is 13.5. The first-order valence-electron chi connectivity index (χ1n) is 7.57. The molecule has 24 heavy (non-hydrogen) atoms. The molecule has 0 spiro atoms. The van der Waals surface area contributed by atoms with Crippen molar-refractivity contribution in [1.82, 2.24) is 10.6 Å². The third-order valence-corrected chi connectivity index (χ3v) is 3.01. The Hall–Kier alpha value is -3.02. The third-order valence-electron chi connectivity index (χ3n) is 3.01. The van der Waals surface area contributed by atoms with Crippen molar-refractivity contribution < 1.29 is 19.1 Å². The topological polar surface area (TPSA) is 76.7 Å². The lowest BCUT2D eigenvalue weighted by Gasteiger charge is -2.13. The Balaban J connectivity index is 2.18. The average Bonchev–Trinajstić information content (AvgIpc) is 2.55. The van der Waals surface area contributed by atoms with Gasteiger partial charge in [0.2, 0.25) is 0 Å². The second kappa shape index (κ2) is 8.01. The van der Waals surface area contributed by atoms with Crippen molar-refractivity contribution in [1.29, 1.82) is 0 Å². The molecule has 6 nitrogen and oxygen atoms in total. The third kappa shape index (κ3) is 4.74. The van der Waals surface area contributed by atoms with Gasteiger partial charge in [0.25, 0.3) is 5.91 Å². The minimum absolute atomic E-state index is 0.0326. The van der Waals surface area contributed by atoms with Crippen LogP contribution in [0.25, 0.3) is 0 Å². The molecule has 2 aromatic rings. The average molecular weight is 328 g/mol. The first-order valence-corrected chi connectivity index (χ1v) is 7.57. The zero-order chi connectivity index (χ0) is 17.5. The molecule has 0 unspecified atom stereocenters. The molecule has 2 rings (SSSR count). The zero-order valence-corrected chi connectivity index (χ0v) is 13.8. The van der Waals surface area contributed by atoms with Crippen molar-refractivity contribution >= 4 is 12.0 Å². The Bertz CT molecular complexity index is 728. The maximum absolute atomic E-state index is 11.8. The van der Waals surface area contributed by atoms with E-state index < -0.39 is 6.09 Å². The second-order valence-corrected chi connectivity index (χ2v) is 5.34. The maximum atomic E-state index is 11.8. The second-order valence-electron chi connectivity index (χ2n) is 5.34. The Labute approximate surface area is 140 Å². The molecule has 0 saturated heterocycles. The molecule has 2 aromatic carbocycles. The van der Waals surface area contributed by atoms with Crippen LogP contribution in [-0.4, -0.2) is 25.1 Å². The highest BCUT2D eigenvalue weighted by Crippen LogP contribution is 2.31. The predicted octanol–water partition coefficient (Wildman–Crippen LogP) is 3.34. The van der Waals surface area contributed by atoms with Crippen LogP contribution in [-0.2, 0) is 0 Å². The lowest BCUT2D eigenvalue weighted by Crippen LogP contribution is -2.32. The Morgan fingerprint density at radius 1 is 1.00 bits per heavy atom. The Morgan fingerprint density at radius 3 is 2.38 bits per heavy atom. The maximum Gasteiger partial charge on any atom is 0.412 e. The van der Waals surface area contributed by atoms with Crippen LogP contribution in [0.4, 0.5) is 4.79 Å². The van der Waals surface area contributed by atoms with Gasteiger partial charge in [-0.1, -0.05) is 18.2 Å². The molecular weight excluding hydrogens is 308 g/mol. The summed E-state index contributed by atoms with van der Waals surface area (Å²) in [6.07, 6.45) is -0.555. The van der Waals surface area contributed by atoms with E-state index in [4.69, 9.17) is 9.47 Å². The fourth-order valence-electron chi connectivity index (χ4n) is 1.96.